The maximum absolute atomic E-state index is 11.5. The first kappa shape index (κ1) is 18.6. The lowest BCUT2D eigenvalue weighted by Crippen LogP contribution is -2.49. The zero-order valence-electron chi connectivity index (χ0n) is 17.2. The van der Waals surface area contributed by atoms with E-state index in [1.54, 1.807) is 12.4 Å². The van der Waals surface area contributed by atoms with Crippen LogP contribution in [-0.4, -0.2) is 55.8 Å². The molecule has 5 heterocycles. The van der Waals surface area contributed by atoms with E-state index >= 15 is 0 Å². The van der Waals surface area contributed by atoms with E-state index in [0.717, 1.165) is 29.8 Å². The van der Waals surface area contributed by atoms with Crippen molar-refractivity contribution in [1.82, 2.24) is 29.8 Å². The first-order chi connectivity index (χ1) is 14.5. The van der Waals surface area contributed by atoms with Crippen molar-refractivity contribution in [2.24, 2.45) is 0 Å². The Balaban J connectivity index is 1.37. The van der Waals surface area contributed by atoms with E-state index in [0.29, 0.717) is 30.2 Å². The summed E-state index contributed by atoms with van der Waals surface area (Å²) in [5, 5.41) is 6.13. The molecule has 10 nitrogen and oxygen atoms in total. The topological polar surface area (TPSA) is 110 Å². The van der Waals surface area contributed by atoms with Crippen LogP contribution >= 0.6 is 0 Å². The van der Waals surface area contributed by atoms with Gasteiger partial charge in [-0.3, -0.25) is 0 Å². The van der Waals surface area contributed by atoms with Crippen molar-refractivity contribution in [3.8, 4) is 0 Å². The minimum absolute atomic E-state index is 0.0323. The van der Waals surface area contributed by atoms with E-state index in [1.807, 2.05) is 19.1 Å². The molecule has 156 valence electrons. The number of piperidine rings is 1. The van der Waals surface area contributed by atoms with Crippen LogP contribution in [-0.2, 0) is 4.74 Å². The molecule has 2 atom stereocenters. The average Bonchev–Trinajstić information content (AvgIpc) is 3.25. The van der Waals surface area contributed by atoms with Gasteiger partial charge < -0.3 is 24.8 Å². The molecule has 3 aromatic rings. The lowest BCUT2D eigenvalue weighted by Gasteiger charge is -2.32. The van der Waals surface area contributed by atoms with Gasteiger partial charge in [-0.05, 0) is 26.8 Å². The second kappa shape index (κ2) is 7.12. The molecule has 2 saturated heterocycles. The molecule has 0 spiro atoms. The summed E-state index contributed by atoms with van der Waals surface area (Å²) in [6, 6.07) is 4.08. The zero-order valence-corrected chi connectivity index (χ0v) is 17.2. The number of amides is 1. The van der Waals surface area contributed by atoms with Crippen LogP contribution in [0.4, 0.5) is 22.4 Å². The van der Waals surface area contributed by atoms with E-state index in [4.69, 9.17) is 4.74 Å². The fourth-order valence-electron chi connectivity index (χ4n) is 4.26. The number of hydrogen-bond acceptors (Lipinski definition) is 8. The van der Waals surface area contributed by atoms with Crippen LogP contribution in [0, 0.1) is 6.92 Å². The van der Waals surface area contributed by atoms with Gasteiger partial charge in [0.1, 0.15) is 29.1 Å². The number of aryl methyl sites for hydroxylation is 1. The highest BCUT2D eigenvalue weighted by Crippen LogP contribution is 2.25. The number of carbonyl (C=O) groups is 1. The van der Waals surface area contributed by atoms with E-state index in [9.17, 15) is 4.79 Å². The maximum Gasteiger partial charge on any atom is 0.407 e. The minimum Gasteiger partial charge on any atom is -0.444 e. The molecule has 2 aliphatic heterocycles. The van der Waals surface area contributed by atoms with Crippen molar-refractivity contribution in [2.75, 3.05) is 23.3 Å². The van der Waals surface area contributed by atoms with Crippen molar-refractivity contribution < 1.29 is 9.53 Å². The molecule has 0 aromatic carbocycles. The van der Waals surface area contributed by atoms with Crippen molar-refractivity contribution in [3.63, 3.8) is 0 Å². The largest absolute Gasteiger partial charge is 0.444 e. The maximum atomic E-state index is 11.5. The summed E-state index contributed by atoms with van der Waals surface area (Å²) >= 11 is 0. The average molecular weight is 408 g/mol. The van der Waals surface area contributed by atoms with Crippen LogP contribution in [0.2, 0.25) is 0 Å². The third-order valence-corrected chi connectivity index (χ3v) is 5.56. The molecule has 3 aromatic heterocycles. The Kier molecular flexibility index (Phi) is 4.41. The van der Waals surface area contributed by atoms with Crippen molar-refractivity contribution >= 4 is 34.7 Å². The fraction of sp³-hybridized carbons (Fsp3) is 0.450. The number of ether oxygens (including phenoxy) is 1. The summed E-state index contributed by atoms with van der Waals surface area (Å²) < 4.78 is 7.46. The molecule has 0 saturated carbocycles. The number of nitrogens with one attached hydrogen (secondary N) is 2. The molecule has 5 rings (SSSR count). The van der Waals surface area contributed by atoms with Gasteiger partial charge in [-0.1, -0.05) is 0 Å². The Morgan fingerprint density at radius 3 is 2.97 bits per heavy atom. The summed E-state index contributed by atoms with van der Waals surface area (Å²) in [7, 11) is 0. The van der Waals surface area contributed by atoms with Crippen LogP contribution < -0.4 is 15.5 Å². The number of anilines is 3. The van der Waals surface area contributed by atoms with Crippen molar-refractivity contribution in [2.45, 2.75) is 45.4 Å². The zero-order chi connectivity index (χ0) is 20.8. The van der Waals surface area contributed by atoms with Gasteiger partial charge in [0.15, 0.2) is 0 Å². The number of pyridine rings is 1. The number of aromatic nitrogens is 5. The summed E-state index contributed by atoms with van der Waals surface area (Å²) in [6.45, 7) is 7.64. The Hall–Kier alpha value is -3.43. The molecule has 10 heteroatoms. The van der Waals surface area contributed by atoms with Crippen LogP contribution in [0.1, 0.15) is 32.1 Å². The number of imidazole rings is 1. The molecular weight excluding hydrogens is 384 g/mol. The third kappa shape index (κ3) is 3.27. The summed E-state index contributed by atoms with van der Waals surface area (Å²) in [6.07, 6.45) is 3.84. The van der Waals surface area contributed by atoms with Crippen LogP contribution in [0.3, 0.4) is 0 Å². The Morgan fingerprint density at radius 2 is 2.13 bits per heavy atom. The molecule has 2 fully saturated rings. The van der Waals surface area contributed by atoms with Gasteiger partial charge in [-0.15, -0.1) is 0 Å². The molecule has 30 heavy (non-hydrogen) atoms. The molecule has 2 aliphatic rings. The molecule has 0 aliphatic carbocycles. The van der Waals surface area contributed by atoms with Gasteiger partial charge >= 0.3 is 6.09 Å². The lowest BCUT2D eigenvalue weighted by molar-refractivity contribution is 0.121. The fourth-order valence-corrected chi connectivity index (χ4v) is 4.26. The van der Waals surface area contributed by atoms with Crippen LogP contribution in [0.5, 0.6) is 0 Å². The standard InChI is InChI=1S/C20H24N8O2/c1-11(2)28-12(3)23-13-9-22-18(8-15(13)28)25-17-4-6-21-19(26-17)27-7-5-16-14(10-27)24-20(29)30-16/h4,6,8-9,11,14,16H,5,7,10H2,1-3H3,(H,24,29)(H,21,22,25,26)/t14-,16+/m0/s1. The number of nitrogens with zero attached hydrogens (tertiary/aromatic N) is 6. The predicted molar refractivity (Wildman–Crippen MR) is 112 cm³/mol. The van der Waals surface area contributed by atoms with Crippen LogP contribution in [0.25, 0.3) is 11.0 Å². The number of rotatable bonds is 4. The van der Waals surface area contributed by atoms with E-state index in [2.05, 4.69) is 53.9 Å². The predicted octanol–water partition coefficient (Wildman–Crippen LogP) is 2.54. The highest BCUT2D eigenvalue weighted by atomic mass is 16.6. The van der Waals surface area contributed by atoms with E-state index in [1.165, 1.54) is 0 Å². The molecule has 0 bridgehead atoms. The summed E-state index contributed by atoms with van der Waals surface area (Å²) in [5.41, 5.74) is 1.91. The molecule has 1 amide bonds. The quantitative estimate of drug-likeness (QED) is 0.678. The Labute approximate surface area is 173 Å². The number of fused-ring (bicyclic) bond motifs is 2. The lowest BCUT2D eigenvalue weighted by atomic mass is 10.0. The van der Waals surface area contributed by atoms with Gasteiger partial charge in [0.05, 0.1) is 17.8 Å². The van der Waals surface area contributed by atoms with E-state index < -0.39 is 0 Å². The van der Waals surface area contributed by atoms with Gasteiger partial charge in [0.25, 0.3) is 0 Å². The van der Waals surface area contributed by atoms with Crippen molar-refractivity contribution in [3.05, 3.63) is 30.4 Å². The smallest absolute Gasteiger partial charge is 0.407 e. The first-order valence-electron chi connectivity index (χ1n) is 10.1. The van der Waals surface area contributed by atoms with Gasteiger partial charge in [0, 0.05) is 37.8 Å². The Morgan fingerprint density at radius 1 is 1.27 bits per heavy atom. The highest BCUT2D eigenvalue weighted by Gasteiger charge is 2.39. The second-order valence-electron chi connectivity index (χ2n) is 7.98. The second-order valence-corrected chi connectivity index (χ2v) is 7.98. The highest BCUT2D eigenvalue weighted by molar-refractivity contribution is 5.79. The summed E-state index contributed by atoms with van der Waals surface area (Å²) in [5.74, 6) is 2.94. The number of alkyl carbamates (subject to hydrolysis) is 1. The summed E-state index contributed by atoms with van der Waals surface area (Å²) in [4.78, 5) is 31.7. The SMILES string of the molecule is Cc1nc2cnc(Nc3ccnc(N4CC[C@H]5OC(=O)N[C@H]5C4)n3)cc2n1C(C)C. The van der Waals surface area contributed by atoms with E-state index in [-0.39, 0.29) is 18.2 Å². The monoisotopic (exact) mass is 408 g/mol. The first-order valence-corrected chi connectivity index (χ1v) is 10.1. The number of carbonyl (C=O) groups excluding carboxylic acids is 1. The third-order valence-electron chi connectivity index (χ3n) is 5.56. The molecule has 0 radical (unpaired) electrons. The van der Waals surface area contributed by atoms with Gasteiger partial charge in [-0.25, -0.2) is 19.7 Å². The van der Waals surface area contributed by atoms with Crippen molar-refractivity contribution in [1.29, 1.82) is 0 Å². The molecule has 0 unspecified atom stereocenters. The van der Waals surface area contributed by atoms with Gasteiger partial charge in [0.2, 0.25) is 5.95 Å². The minimum atomic E-state index is -0.347. The Bertz CT molecular complexity index is 1110. The van der Waals surface area contributed by atoms with Gasteiger partial charge in [-0.2, -0.15) is 4.98 Å². The van der Waals surface area contributed by atoms with Crippen LogP contribution in [0.15, 0.2) is 24.5 Å². The normalized spacial score (nSPS) is 20.9. The molecular formula is C20H24N8O2. The number of hydrogen-bond donors (Lipinski definition) is 2. The molecule has 2 N–H and O–H groups in total.